The second-order valence-corrected chi connectivity index (χ2v) is 7.75. The summed E-state index contributed by atoms with van der Waals surface area (Å²) in [6.07, 6.45) is 1.70. The van der Waals surface area contributed by atoms with E-state index < -0.39 is 10.0 Å². The van der Waals surface area contributed by atoms with E-state index in [4.69, 9.17) is 16.9 Å². The Bertz CT molecular complexity index is 666. The molecule has 1 aromatic rings. The molecule has 1 aromatic carbocycles. The van der Waals surface area contributed by atoms with Gasteiger partial charge in [-0.1, -0.05) is 18.5 Å². The minimum atomic E-state index is -3.55. The van der Waals surface area contributed by atoms with Gasteiger partial charge in [0.1, 0.15) is 6.07 Å². The van der Waals surface area contributed by atoms with Gasteiger partial charge in [-0.25, -0.2) is 8.42 Å². The minimum absolute atomic E-state index is 0. The summed E-state index contributed by atoms with van der Waals surface area (Å²) in [5.74, 6) is 0.520. The summed E-state index contributed by atoms with van der Waals surface area (Å²) < 4.78 is 26.8. The van der Waals surface area contributed by atoms with E-state index in [1.54, 1.807) is 0 Å². The lowest BCUT2D eigenvalue weighted by Crippen LogP contribution is -2.40. The first-order valence-electron chi connectivity index (χ1n) is 7.39. The monoisotopic (exact) mass is 377 g/mol. The van der Waals surface area contributed by atoms with Gasteiger partial charge in [-0.05, 0) is 50.0 Å². The SMILES string of the molecule is CCNCC1CCN(S(=O)(=O)c2ccc(Cl)c(C#N)c2)CC1.Cl. The van der Waals surface area contributed by atoms with Gasteiger partial charge < -0.3 is 5.32 Å². The summed E-state index contributed by atoms with van der Waals surface area (Å²) in [6, 6.07) is 6.19. The van der Waals surface area contributed by atoms with Gasteiger partial charge in [0.2, 0.25) is 10.0 Å². The highest BCUT2D eigenvalue weighted by atomic mass is 35.5. The molecule has 0 aromatic heterocycles. The fraction of sp³-hybridized carbons (Fsp3) is 0.533. The molecule has 1 heterocycles. The van der Waals surface area contributed by atoms with Crippen LogP contribution in [-0.2, 0) is 10.0 Å². The zero-order valence-electron chi connectivity index (χ0n) is 13.0. The van der Waals surface area contributed by atoms with Gasteiger partial charge in [-0.2, -0.15) is 9.57 Å². The van der Waals surface area contributed by atoms with Crippen LogP contribution in [0.4, 0.5) is 0 Å². The van der Waals surface area contributed by atoms with Crippen molar-refractivity contribution >= 4 is 34.0 Å². The zero-order chi connectivity index (χ0) is 16.2. The molecule has 1 fully saturated rings. The van der Waals surface area contributed by atoms with E-state index in [0.29, 0.717) is 19.0 Å². The van der Waals surface area contributed by atoms with E-state index in [2.05, 4.69) is 12.2 Å². The van der Waals surface area contributed by atoms with Crippen molar-refractivity contribution < 1.29 is 8.42 Å². The number of benzene rings is 1. The third-order valence-corrected chi connectivity index (χ3v) is 6.18. The number of rotatable bonds is 5. The van der Waals surface area contributed by atoms with Gasteiger partial charge >= 0.3 is 0 Å². The van der Waals surface area contributed by atoms with Crippen LogP contribution in [-0.4, -0.2) is 38.9 Å². The summed E-state index contributed by atoms with van der Waals surface area (Å²) in [5, 5.41) is 12.6. The fourth-order valence-corrected chi connectivity index (χ4v) is 4.26. The predicted octanol–water partition coefficient (Wildman–Crippen LogP) is 2.64. The molecule has 8 heteroatoms. The van der Waals surface area contributed by atoms with Crippen LogP contribution in [0.3, 0.4) is 0 Å². The van der Waals surface area contributed by atoms with E-state index in [1.807, 2.05) is 6.07 Å². The van der Waals surface area contributed by atoms with Gasteiger partial charge in [0.25, 0.3) is 0 Å². The molecule has 0 bridgehead atoms. The van der Waals surface area contributed by atoms with E-state index in [-0.39, 0.29) is 27.9 Å². The molecule has 23 heavy (non-hydrogen) atoms. The summed E-state index contributed by atoms with van der Waals surface area (Å²) in [7, 11) is -3.55. The molecular weight excluding hydrogens is 357 g/mol. The van der Waals surface area contributed by atoms with Crippen LogP contribution < -0.4 is 5.32 Å². The largest absolute Gasteiger partial charge is 0.317 e. The first kappa shape index (κ1) is 20.2. The third kappa shape index (κ3) is 4.82. The lowest BCUT2D eigenvalue weighted by Gasteiger charge is -2.31. The van der Waals surface area contributed by atoms with Crippen LogP contribution in [0.15, 0.2) is 23.1 Å². The third-order valence-electron chi connectivity index (χ3n) is 3.95. The summed E-state index contributed by atoms with van der Waals surface area (Å²) in [5.41, 5.74) is 0.185. The van der Waals surface area contributed by atoms with Crippen molar-refractivity contribution in [3.05, 3.63) is 28.8 Å². The van der Waals surface area contributed by atoms with Crippen molar-refractivity contribution in [2.75, 3.05) is 26.2 Å². The highest BCUT2D eigenvalue weighted by molar-refractivity contribution is 7.89. The second kappa shape index (κ2) is 8.86. The molecule has 0 atom stereocenters. The van der Waals surface area contributed by atoms with Gasteiger partial charge in [0.15, 0.2) is 0 Å². The van der Waals surface area contributed by atoms with Crippen LogP contribution in [0.25, 0.3) is 0 Å². The molecule has 0 saturated carbocycles. The minimum Gasteiger partial charge on any atom is -0.317 e. The molecule has 2 rings (SSSR count). The fourth-order valence-electron chi connectivity index (χ4n) is 2.60. The Morgan fingerprint density at radius 2 is 2.04 bits per heavy atom. The molecule has 1 saturated heterocycles. The highest BCUT2D eigenvalue weighted by Gasteiger charge is 2.29. The number of hydrogen-bond acceptors (Lipinski definition) is 4. The Morgan fingerprint density at radius 3 is 2.61 bits per heavy atom. The lowest BCUT2D eigenvalue weighted by atomic mass is 9.98. The first-order valence-corrected chi connectivity index (χ1v) is 9.21. The van der Waals surface area contributed by atoms with Crippen molar-refractivity contribution in [1.82, 2.24) is 9.62 Å². The van der Waals surface area contributed by atoms with Crippen LogP contribution in [0, 0.1) is 17.2 Å². The normalized spacial score (nSPS) is 16.6. The number of hydrogen-bond donors (Lipinski definition) is 1. The number of nitrogens with zero attached hydrogens (tertiary/aromatic N) is 2. The van der Waals surface area contributed by atoms with Crippen LogP contribution in [0.1, 0.15) is 25.3 Å². The second-order valence-electron chi connectivity index (χ2n) is 5.41. The van der Waals surface area contributed by atoms with Crippen molar-refractivity contribution in [3.63, 3.8) is 0 Å². The van der Waals surface area contributed by atoms with Gasteiger partial charge in [0.05, 0.1) is 15.5 Å². The van der Waals surface area contributed by atoms with Crippen molar-refractivity contribution in [1.29, 1.82) is 5.26 Å². The zero-order valence-corrected chi connectivity index (χ0v) is 15.3. The van der Waals surface area contributed by atoms with E-state index in [1.165, 1.54) is 22.5 Å². The van der Waals surface area contributed by atoms with Gasteiger partial charge in [-0.3, -0.25) is 0 Å². The first-order chi connectivity index (χ1) is 10.5. The Hall–Kier alpha value is -0.840. The Morgan fingerprint density at radius 1 is 1.39 bits per heavy atom. The van der Waals surface area contributed by atoms with E-state index in [0.717, 1.165) is 25.9 Å². The molecule has 1 aliphatic heterocycles. The summed E-state index contributed by atoms with van der Waals surface area (Å²) in [6.45, 7) is 4.96. The molecule has 0 aliphatic carbocycles. The van der Waals surface area contributed by atoms with Crippen LogP contribution in [0.5, 0.6) is 0 Å². The predicted molar refractivity (Wildman–Crippen MR) is 93.4 cm³/mol. The summed E-state index contributed by atoms with van der Waals surface area (Å²) >= 11 is 5.86. The average Bonchev–Trinajstić information content (AvgIpc) is 2.53. The van der Waals surface area contributed by atoms with E-state index >= 15 is 0 Å². The van der Waals surface area contributed by atoms with Gasteiger partial charge in [-0.15, -0.1) is 12.4 Å². The number of sulfonamides is 1. The maximum atomic E-state index is 12.6. The standard InChI is InChI=1S/C15H20ClN3O2S.ClH/c1-2-18-11-12-5-7-19(8-6-12)22(20,21)14-3-4-15(16)13(9-14)10-17;/h3-4,9,12,18H,2,5-8,11H2,1H3;1H. The molecule has 128 valence electrons. The van der Waals surface area contributed by atoms with Crippen LogP contribution >= 0.6 is 24.0 Å². The lowest BCUT2D eigenvalue weighted by molar-refractivity contribution is 0.268. The topological polar surface area (TPSA) is 73.2 Å². The number of piperidine rings is 1. The maximum absolute atomic E-state index is 12.6. The maximum Gasteiger partial charge on any atom is 0.243 e. The Kier molecular flexibility index (Phi) is 7.78. The molecule has 5 nitrogen and oxygen atoms in total. The molecule has 0 amide bonds. The molecule has 0 spiro atoms. The van der Waals surface area contributed by atoms with Crippen LogP contribution in [0.2, 0.25) is 5.02 Å². The van der Waals surface area contributed by atoms with Crippen molar-refractivity contribution in [2.24, 2.45) is 5.92 Å². The summed E-state index contributed by atoms with van der Waals surface area (Å²) in [4.78, 5) is 0.138. The number of halogens is 2. The van der Waals surface area contributed by atoms with Crippen molar-refractivity contribution in [2.45, 2.75) is 24.7 Å². The Balaban J connectivity index is 0.00000264. The quantitative estimate of drug-likeness (QED) is 0.855. The number of nitriles is 1. The smallest absolute Gasteiger partial charge is 0.243 e. The average molecular weight is 378 g/mol. The van der Waals surface area contributed by atoms with E-state index in [9.17, 15) is 8.42 Å². The Labute approximate surface area is 149 Å². The molecule has 1 aliphatic rings. The highest BCUT2D eigenvalue weighted by Crippen LogP contribution is 2.26. The molecular formula is C15H21Cl2N3O2S. The molecule has 0 radical (unpaired) electrons. The molecule has 1 N–H and O–H groups in total. The van der Waals surface area contributed by atoms with Gasteiger partial charge in [0, 0.05) is 13.1 Å². The van der Waals surface area contributed by atoms with Crippen molar-refractivity contribution in [3.8, 4) is 6.07 Å². The number of nitrogens with one attached hydrogen (secondary N) is 1. The molecule has 0 unspecified atom stereocenters.